The van der Waals surface area contributed by atoms with Crippen molar-refractivity contribution in [2.75, 3.05) is 0 Å². The zero-order chi connectivity index (χ0) is 21.6. The van der Waals surface area contributed by atoms with Gasteiger partial charge < -0.3 is 0 Å². The maximum Gasteiger partial charge on any atom is 0.238 e. The van der Waals surface area contributed by atoms with E-state index in [1.807, 2.05) is 12.1 Å². The summed E-state index contributed by atoms with van der Waals surface area (Å²) in [5.74, 6) is 0. The Morgan fingerprint density at radius 1 is 0.833 bits per heavy atom. The topological polar surface area (TPSA) is 77.2 Å². The van der Waals surface area contributed by atoms with Crippen LogP contribution in [0.5, 0.6) is 0 Å². The highest BCUT2D eigenvalue weighted by Crippen LogP contribution is 2.41. The third-order valence-electron chi connectivity index (χ3n) is 4.52. The van der Waals surface area contributed by atoms with E-state index in [0.717, 1.165) is 4.70 Å². The lowest BCUT2D eigenvalue weighted by Crippen LogP contribution is -2.11. The van der Waals surface area contributed by atoms with Crippen LogP contribution in [-0.2, 0) is 10.0 Å². The third-order valence-corrected chi connectivity index (χ3v) is 7.71. The summed E-state index contributed by atoms with van der Waals surface area (Å²) in [6.07, 6.45) is 0. The third kappa shape index (κ3) is 3.87. The minimum atomic E-state index is -3.84. The molecule has 0 amide bonds. The largest absolute Gasteiger partial charge is 0.288 e. The molecule has 3 aromatic carbocycles. The van der Waals surface area contributed by atoms with E-state index < -0.39 is 10.0 Å². The van der Waals surface area contributed by atoms with Crippen molar-refractivity contribution in [1.29, 1.82) is 0 Å². The van der Waals surface area contributed by atoms with E-state index in [2.05, 4.69) is 0 Å². The molecule has 0 atom stereocenters. The van der Waals surface area contributed by atoms with Gasteiger partial charge >= 0.3 is 0 Å². The van der Waals surface area contributed by atoms with Crippen molar-refractivity contribution >= 4 is 66.2 Å². The van der Waals surface area contributed by atoms with Crippen LogP contribution >= 0.6 is 46.1 Å². The van der Waals surface area contributed by atoms with Gasteiger partial charge in [0, 0.05) is 26.1 Å². The Morgan fingerprint density at radius 2 is 1.47 bits per heavy atom. The van der Waals surface area contributed by atoms with Gasteiger partial charge in [0.25, 0.3) is 0 Å². The number of rotatable bonds is 3. The van der Waals surface area contributed by atoms with Crippen LogP contribution in [-0.4, -0.2) is 8.42 Å². The van der Waals surface area contributed by atoms with E-state index in [0.29, 0.717) is 27.0 Å². The molecule has 0 aliphatic heterocycles. The number of hydrogen-bond acceptors (Lipinski definition) is 4. The maximum atomic E-state index is 13.5. The Kier molecular flexibility index (Phi) is 5.66. The van der Waals surface area contributed by atoms with Gasteiger partial charge in [0.15, 0.2) is 5.43 Å². The summed E-state index contributed by atoms with van der Waals surface area (Å²) in [6.45, 7) is 0. The molecule has 1 heterocycles. The molecule has 0 saturated carbocycles. The summed E-state index contributed by atoms with van der Waals surface area (Å²) in [5, 5.41) is 6.57. The normalized spacial score (nSPS) is 11.7. The number of hydrogen-bond donors (Lipinski definition) is 1. The second-order valence-electron chi connectivity index (χ2n) is 6.45. The minimum Gasteiger partial charge on any atom is -0.288 e. The predicted octanol–water partition coefficient (Wildman–Crippen LogP) is 6.20. The number of primary sulfonamides is 1. The van der Waals surface area contributed by atoms with Crippen LogP contribution < -0.4 is 10.6 Å². The first-order chi connectivity index (χ1) is 14.2. The number of halogens is 3. The molecule has 0 fully saturated rings. The summed E-state index contributed by atoms with van der Waals surface area (Å²) in [4.78, 5) is 14.1. The van der Waals surface area contributed by atoms with Gasteiger partial charge in [-0.25, -0.2) is 13.6 Å². The van der Waals surface area contributed by atoms with E-state index >= 15 is 0 Å². The van der Waals surface area contributed by atoms with Crippen LogP contribution in [0, 0.1) is 0 Å². The molecule has 0 radical (unpaired) electrons. The van der Waals surface area contributed by atoms with Crippen molar-refractivity contribution < 1.29 is 8.42 Å². The Bertz CT molecular complexity index is 1460. The van der Waals surface area contributed by atoms with Gasteiger partial charge in [-0.2, -0.15) is 0 Å². The van der Waals surface area contributed by atoms with E-state index in [9.17, 15) is 13.2 Å². The highest BCUT2D eigenvalue weighted by Gasteiger charge is 2.20. The number of fused-ring (bicyclic) bond motifs is 1. The summed E-state index contributed by atoms with van der Waals surface area (Å²) in [6, 6.07) is 16.3. The first kappa shape index (κ1) is 21.3. The van der Waals surface area contributed by atoms with Gasteiger partial charge in [-0.15, -0.1) is 11.3 Å². The molecule has 0 bridgehead atoms. The Hall–Kier alpha value is -1.93. The SMILES string of the molecule is NS(=O)(=O)c1ccc(-c2sc3ccccc3c(=O)c2-c2cc(Cl)c(Cl)cc2Cl)cc1. The molecule has 9 heteroatoms. The van der Waals surface area contributed by atoms with Gasteiger partial charge in [0.05, 0.1) is 20.0 Å². The average molecular weight is 497 g/mol. The molecule has 4 nitrogen and oxygen atoms in total. The molecule has 0 unspecified atom stereocenters. The lowest BCUT2D eigenvalue weighted by atomic mass is 10.00. The molecule has 0 spiro atoms. The Morgan fingerprint density at radius 3 is 2.13 bits per heavy atom. The summed E-state index contributed by atoms with van der Waals surface area (Å²) >= 11 is 20.1. The molecule has 30 heavy (non-hydrogen) atoms. The molecule has 0 saturated heterocycles. The van der Waals surface area contributed by atoms with Crippen molar-refractivity contribution in [3.63, 3.8) is 0 Å². The van der Waals surface area contributed by atoms with Gasteiger partial charge in [-0.1, -0.05) is 59.1 Å². The monoisotopic (exact) mass is 495 g/mol. The molecule has 1 aromatic heterocycles. The van der Waals surface area contributed by atoms with Crippen molar-refractivity contribution in [2.45, 2.75) is 4.90 Å². The fourth-order valence-corrected chi connectivity index (χ4v) is 5.45. The predicted molar refractivity (Wildman–Crippen MR) is 125 cm³/mol. The van der Waals surface area contributed by atoms with E-state index in [4.69, 9.17) is 39.9 Å². The smallest absolute Gasteiger partial charge is 0.238 e. The standard InChI is InChI=1S/C21H12Cl3NO3S2/c22-15-10-17(24)16(23)9-14(15)19-20(26)13-3-1-2-4-18(13)29-21(19)11-5-7-12(8-6-11)30(25,27)28/h1-10H,(H2,25,27,28). The van der Waals surface area contributed by atoms with E-state index in [-0.39, 0.29) is 25.4 Å². The summed E-state index contributed by atoms with van der Waals surface area (Å²) in [7, 11) is -3.84. The van der Waals surface area contributed by atoms with Gasteiger partial charge in [-0.05, 0) is 42.0 Å². The van der Waals surface area contributed by atoms with Crippen LogP contribution in [0.3, 0.4) is 0 Å². The van der Waals surface area contributed by atoms with E-state index in [1.165, 1.54) is 29.5 Å². The lowest BCUT2D eigenvalue weighted by molar-refractivity contribution is 0.598. The first-order valence-electron chi connectivity index (χ1n) is 8.51. The highest BCUT2D eigenvalue weighted by atomic mass is 35.5. The molecular formula is C21H12Cl3NO3S2. The van der Waals surface area contributed by atoms with Crippen molar-refractivity contribution in [3.05, 3.63) is 86.0 Å². The van der Waals surface area contributed by atoms with Crippen LogP contribution in [0.2, 0.25) is 15.1 Å². The van der Waals surface area contributed by atoms with Crippen molar-refractivity contribution in [2.24, 2.45) is 5.14 Å². The van der Waals surface area contributed by atoms with Gasteiger partial charge in [-0.3, -0.25) is 4.79 Å². The van der Waals surface area contributed by atoms with Crippen LogP contribution in [0.25, 0.3) is 31.7 Å². The molecule has 4 aromatic rings. The number of benzene rings is 3. The van der Waals surface area contributed by atoms with Crippen molar-refractivity contribution in [1.82, 2.24) is 0 Å². The van der Waals surface area contributed by atoms with Gasteiger partial charge in [0.1, 0.15) is 0 Å². The van der Waals surface area contributed by atoms with Crippen LogP contribution in [0.1, 0.15) is 0 Å². The molecule has 4 rings (SSSR count). The van der Waals surface area contributed by atoms with E-state index in [1.54, 1.807) is 30.3 Å². The second kappa shape index (κ2) is 7.96. The molecule has 0 aliphatic carbocycles. The molecule has 0 aliphatic rings. The first-order valence-corrected chi connectivity index (χ1v) is 12.0. The fraction of sp³-hybridized carbons (Fsp3) is 0. The minimum absolute atomic E-state index is 0.0199. The summed E-state index contributed by atoms with van der Waals surface area (Å²) < 4.78 is 24.0. The zero-order valence-electron chi connectivity index (χ0n) is 15.0. The van der Waals surface area contributed by atoms with Crippen LogP contribution in [0.4, 0.5) is 0 Å². The molecule has 2 N–H and O–H groups in total. The fourth-order valence-electron chi connectivity index (χ4n) is 3.10. The lowest BCUT2D eigenvalue weighted by Gasteiger charge is -2.13. The zero-order valence-corrected chi connectivity index (χ0v) is 18.9. The average Bonchev–Trinajstić information content (AvgIpc) is 2.70. The highest BCUT2D eigenvalue weighted by molar-refractivity contribution is 7.89. The molecule has 152 valence electrons. The second-order valence-corrected chi connectivity index (χ2v) is 10.3. The molecular weight excluding hydrogens is 485 g/mol. The maximum absolute atomic E-state index is 13.5. The number of sulfonamides is 1. The Labute approximate surface area is 191 Å². The number of nitrogens with two attached hydrogens (primary N) is 1. The van der Waals surface area contributed by atoms with Crippen molar-refractivity contribution in [3.8, 4) is 21.6 Å². The van der Waals surface area contributed by atoms with Gasteiger partial charge in [0.2, 0.25) is 10.0 Å². The summed E-state index contributed by atoms with van der Waals surface area (Å²) in [5.41, 5.74) is 1.25. The van der Waals surface area contributed by atoms with Crippen LogP contribution in [0.15, 0.2) is 70.4 Å². The Balaban J connectivity index is 2.08. The quantitative estimate of drug-likeness (QED) is 0.343.